The number of sulfonamides is 1. The Bertz CT molecular complexity index is 876. The van der Waals surface area contributed by atoms with Crippen molar-refractivity contribution in [2.24, 2.45) is 17.3 Å². The van der Waals surface area contributed by atoms with Crippen LogP contribution in [-0.2, 0) is 24.4 Å². The van der Waals surface area contributed by atoms with Gasteiger partial charge in [-0.05, 0) is 37.0 Å². The number of carbonyl (C=O) groups is 3. The molecule has 32 heavy (non-hydrogen) atoms. The molecule has 2 aliphatic rings. The second-order valence-electron chi connectivity index (χ2n) is 10.1. The van der Waals surface area contributed by atoms with Crippen LogP contribution in [0, 0.1) is 28.6 Å². The van der Waals surface area contributed by atoms with Gasteiger partial charge in [0.05, 0.1) is 12.3 Å². The third-order valence-electron chi connectivity index (χ3n) is 6.05. The Morgan fingerprint density at radius 3 is 2.47 bits per heavy atom. The molecule has 0 aromatic carbocycles. The monoisotopic (exact) mass is 469 g/mol. The smallest absolute Gasteiger partial charge is 0.243 e. The molecule has 0 aromatic heterocycles. The number of nitrogens with one attached hydrogen (secondary N) is 3. The summed E-state index contributed by atoms with van der Waals surface area (Å²) in [6.07, 6.45) is 2.93. The van der Waals surface area contributed by atoms with Crippen LogP contribution in [0.5, 0.6) is 0 Å². The number of hydrogen-bond donors (Lipinski definition) is 3. The average Bonchev–Trinajstić information content (AvgIpc) is 3.08. The normalized spacial score (nSPS) is 26.1. The van der Waals surface area contributed by atoms with Gasteiger partial charge in [0, 0.05) is 19.0 Å². The van der Waals surface area contributed by atoms with Crippen molar-refractivity contribution in [1.29, 1.82) is 5.26 Å². The Hall–Kier alpha value is -2.19. The molecule has 2 rings (SSSR count). The number of nitriles is 1. The van der Waals surface area contributed by atoms with Crippen LogP contribution in [0.3, 0.4) is 0 Å². The van der Waals surface area contributed by atoms with E-state index in [1.807, 2.05) is 13.0 Å². The molecule has 3 N–H and O–H groups in total. The Kier molecular flexibility index (Phi) is 8.28. The fourth-order valence-electron chi connectivity index (χ4n) is 4.20. The molecule has 5 atom stereocenters. The Labute approximate surface area is 190 Å². The maximum atomic E-state index is 13.4. The molecule has 3 amide bonds. The van der Waals surface area contributed by atoms with Gasteiger partial charge >= 0.3 is 0 Å². The third-order valence-corrected chi connectivity index (χ3v) is 6.71. The molecule has 0 aromatic rings. The average molecular weight is 470 g/mol. The minimum atomic E-state index is -3.66. The standard InChI is InChI=1S/C21H35N5O5S/c1-13-7-9-26(20(29)17(21(2,3)4)25-32(5,30)31)16(10-13)19(28)24-15(12-22)11-14-6-8-23-18(14)27/h13-17,25H,6-11H2,1-5H3,(H,23,27)(H,24,28)/t13-,14+,15+,16+,17-/m1/s1. The highest BCUT2D eigenvalue weighted by Gasteiger charge is 2.42. The summed E-state index contributed by atoms with van der Waals surface area (Å²) in [6, 6.07) is -0.650. The molecule has 0 spiro atoms. The van der Waals surface area contributed by atoms with E-state index < -0.39 is 45.4 Å². The third kappa shape index (κ3) is 6.90. The highest BCUT2D eigenvalue weighted by Crippen LogP contribution is 2.28. The van der Waals surface area contributed by atoms with E-state index in [1.165, 1.54) is 4.90 Å². The number of carbonyl (C=O) groups excluding carboxylic acids is 3. The maximum absolute atomic E-state index is 13.4. The first-order valence-electron chi connectivity index (χ1n) is 11.0. The topological polar surface area (TPSA) is 148 Å². The van der Waals surface area contributed by atoms with Gasteiger partial charge in [-0.3, -0.25) is 14.4 Å². The fraction of sp³-hybridized carbons (Fsp3) is 0.810. The lowest BCUT2D eigenvalue weighted by Crippen LogP contribution is -2.61. The quantitative estimate of drug-likeness (QED) is 0.482. The Morgan fingerprint density at radius 1 is 1.31 bits per heavy atom. The summed E-state index contributed by atoms with van der Waals surface area (Å²) in [5.41, 5.74) is -0.713. The van der Waals surface area contributed by atoms with Crippen molar-refractivity contribution in [1.82, 2.24) is 20.3 Å². The summed E-state index contributed by atoms with van der Waals surface area (Å²) in [7, 11) is -3.66. The Morgan fingerprint density at radius 2 is 1.97 bits per heavy atom. The number of rotatable bonds is 7. The summed E-state index contributed by atoms with van der Waals surface area (Å²) in [4.78, 5) is 39.8. The van der Waals surface area contributed by atoms with Crippen LogP contribution in [0.25, 0.3) is 0 Å². The van der Waals surface area contributed by atoms with Gasteiger partial charge in [0.25, 0.3) is 0 Å². The fourth-order valence-corrected chi connectivity index (χ4v) is 5.08. The highest BCUT2D eigenvalue weighted by atomic mass is 32.2. The molecular weight excluding hydrogens is 434 g/mol. The minimum absolute atomic E-state index is 0.123. The molecule has 2 fully saturated rings. The van der Waals surface area contributed by atoms with Crippen molar-refractivity contribution in [3.63, 3.8) is 0 Å². The first kappa shape index (κ1) is 26.1. The molecule has 2 heterocycles. The van der Waals surface area contributed by atoms with Crippen molar-refractivity contribution in [3.8, 4) is 6.07 Å². The summed E-state index contributed by atoms with van der Waals surface area (Å²) in [5.74, 6) is -1.18. The molecule has 0 unspecified atom stereocenters. The van der Waals surface area contributed by atoms with Crippen LogP contribution in [0.2, 0.25) is 0 Å². The first-order valence-corrected chi connectivity index (χ1v) is 12.9. The maximum Gasteiger partial charge on any atom is 0.243 e. The molecular formula is C21H35N5O5S. The van der Waals surface area contributed by atoms with Crippen molar-refractivity contribution in [3.05, 3.63) is 0 Å². The van der Waals surface area contributed by atoms with Gasteiger partial charge in [-0.25, -0.2) is 13.1 Å². The van der Waals surface area contributed by atoms with Crippen LogP contribution < -0.4 is 15.4 Å². The molecule has 2 saturated heterocycles. The minimum Gasteiger partial charge on any atom is -0.356 e. The van der Waals surface area contributed by atoms with Gasteiger partial charge in [-0.15, -0.1) is 0 Å². The van der Waals surface area contributed by atoms with E-state index in [2.05, 4.69) is 15.4 Å². The van der Waals surface area contributed by atoms with Crippen molar-refractivity contribution in [2.45, 2.75) is 71.5 Å². The summed E-state index contributed by atoms with van der Waals surface area (Å²) >= 11 is 0. The van der Waals surface area contributed by atoms with Crippen LogP contribution in [-0.4, -0.2) is 68.5 Å². The van der Waals surface area contributed by atoms with Crippen LogP contribution in [0.15, 0.2) is 0 Å². The van der Waals surface area contributed by atoms with E-state index in [9.17, 15) is 28.1 Å². The van der Waals surface area contributed by atoms with E-state index in [1.54, 1.807) is 20.8 Å². The number of piperidine rings is 1. The largest absolute Gasteiger partial charge is 0.356 e. The Balaban J connectivity index is 2.20. The van der Waals surface area contributed by atoms with Gasteiger partial charge in [0.2, 0.25) is 27.7 Å². The zero-order chi connectivity index (χ0) is 24.3. The molecule has 0 saturated carbocycles. The highest BCUT2D eigenvalue weighted by molar-refractivity contribution is 7.88. The van der Waals surface area contributed by atoms with Crippen LogP contribution >= 0.6 is 0 Å². The van der Waals surface area contributed by atoms with Crippen molar-refractivity contribution >= 4 is 27.7 Å². The van der Waals surface area contributed by atoms with E-state index in [0.29, 0.717) is 32.4 Å². The van der Waals surface area contributed by atoms with E-state index in [4.69, 9.17) is 0 Å². The molecule has 0 radical (unpaired) electrons. The van der Waals surface area contributed by atoms with E-state index >= 15 is 0 Å². The number of nitrogens with zero attached hydrogens (tertiary/aromatic N) is 2. The lowest BCUT2D eigenvalue weighted by atomic mass is 9.84. The van der Waals surface area contributed by atoms with Crippen molar-refractivity contribution in [2.75, 3.05) is 19.3 Å². The number of likely N-dealkylation sites (tertiary alicyclic amines) is 1. The molecule has 180 valence electrons. The number of hydrogen-bond acceptors (Lipinski definition) is 6. The van der Waals surface area contributed by atoms with E-state index in [-0.39, 0.29) is 24.2 Å². The number of amides is 3. The lowest BCUT2D eigenvalue weighted by Gasteiger charge is -2.42. The zero-order valence-corrected chi connectivity index (χ0v) is 20.3. The molecule has 10 nitrogen and oxygen atoms in total. The van der Waals surface area contributed by atoms with Gasteiger partial charge < -0.3 is 15.5 Å². The van der Waals surface area contributed by atoms with Crippen LogP contribution in [0.1, 0.15) is 53.4 Å². The SMILES string of the molecule is C[C@@H]1CCN(C(=O)[C@@H](NS(C)(=O)=O)C(C)(C)C)[C@H](C(=O)N[C@H](C#N)C[C@@H]2CCNC2=O)C1. The zero-order valence-electron chi connectivity index (χ0n) is 19.5. The second kappa shape index (κ2) is 10.2. The summed E-state index contributed by atoms with van der Waals surface area (Å²) in [6.45, 7) is 8.13. The molecule has 0 aliphatic carbocycles. The second-order valence-corrected chi connectivity index (χ2v) is 11.8. The molecule has 0 bridgehead atoms. The van der Waals surface area contributed by atoms with Crippen LogP contribution in [0.4, 0.5) is 0 Å². The van der Waals surface area contributed by atoms with Crippen molar-refractivity contribution < 1.29 is 22.8 Å². The van der Waals surface area contributed by atoms with Gasteiger partial charge in [0.15, 0.2) is 0 Å². The summed E-state index contributed by atoms with van der Waals surface area (Å²) in [5, 5.41) is 14.9. The van der Waals surface area contributed by atoms with Gasteiger partial charge in [0.1, 0.15) is 18.1 Å². The molecule has 2 aliphatic heterocycles. The predicted octanol–water partition coefficient (Wildman–Crippen LogP) is 0.112. The van der Waals surface area contributed by atoms with Gasteiger partial charge in [-0.2, -0.15) is 5.26 Å². The van der Waals surface area contributed by atoms with E-state index in [0.717, 1.165) is 6.26 Å². The van der Waals surface area contributed by atoms with Gasteiger partial charge in [-0.1, -0.05) is 27.7 Å². The predicted molar refractivity (Wildman–Crippen MR) is 118 cm³/mol. The first-order chi connectivity index (χ1) is 14.7. The summed E-state index contributed by atoms with van der Waals surface area (Å²) < 4.78 is 26.2. The lowest BCUT2D eigenvalue weighted by molar-refractivity contribution is -0.146. The molecule has 11 heteroatoms.